The minimum absolute atomic E-state index is 0.161. The predicted octanol–water partition coefficient (Wildman–Crippen LogP) is -4.09. The van der Waals surface area contributed by atoms with E-state index in [2.05, 4.69) is 29.9 Å². The van der Waals surface area contributed by atoms with E-state index in [0.29, 0.717) is 0 Å². The Labute approximate surface area is 258 Å². The number of fused-ring (bicyclic) bond motifs is 2. The van der Waals surface area contributed by atoms with Crippen LogP contribution < -0.4 is 22.6 Å². The number of rotatable bonds is 10. The fraction of sp³-hybridized carbons (Fsp3) is 0.500. The highest BCUT2D eigenvalue weighted by atomic mass is 31.2. The predicted molar refractivity (Wildman–Crippen MR) is 150 cm³/mol. The van der Waals surface area contributed by atoms with Crippen molar-refractivity contribution in [2.75, 3.05) is 24.7 Å². The maximum Gasteiger partial charge on any atom is 0.472 e. The first-order valence-corrected chi connectivity index (χ1v) is 16.2. The number of nitrogens with two attached hydrogens (primary N) is 2. The molecule has 0 spiro atoms. The van der Waals surface area contributed by atoms with Gasteiger partial charge in [0, 0.05) is 0 Å². The fourth-order valence-electron chi connectivity index (χ4n) is 5.19. The van der Waals surface area contributed by atoms with Crippen molar-refractivity contribution in [2.45, 2.75) is 49.1 Å². The fourth-order valence-corrected chi connectivity index (χ4v) is 6.70. The Balaban J connectivity index is 1.24. The van der Waals surface area contributed by atoms with Gasteiger partial charge in [-0.25, -0.2) is 19.1 Å². The highest BCUT2D eigenvalue weighted by Crippen LogP contribution is 2.51. The molecule has 4 aromatic rings. The number of phosphoric acid groups is 2. The number of aliphatic hydroxyl groups is 3. The number of aromatic nitrogens is 8. The number of imidazole rings is 2. The number of hydrogen-bond donors (Lipinski definition) is 10. The summed E-state index contributed by atoms with van der Waals surface area (Å²) in [7, 11) is -10.6. The average Bonchev–Trinajstić information content (AvgIpc) is 3.72. The molecule has 12 N–H and O–H groups in total. The highest BCUT2D eigenvalue weighted by molar-refractivity contribution is 7.47. The lowest BCUT2D eigenvalue weighted by molar-refractivity contribution is -0.0613. The molecule has 6 heterocycles. The molecule has 9 atom stereocenters. The van der Waals surface area contributed by atoms with E-state index in [1.54, 1.807) is 0 Å². The first-order valence-electron chi connectivity index (χ1n) is 13.2. The summed E-state index contributed by atoms with van der Waals surface area (Å²) in [5.41, 5.74) is 8.96. The molecule has 0 aliphatic carbocycles. The highest BCUT2D eigenvalue weighted by Gasteiger charge is 2.52. The monoisotopic (exact) mass is 708 g/mol. The van der Waals surface area contributed by atoms with Crippen LogP contribution in [-0.2, 0) is 32.2 Å². The number of hydrogen-bond acceptors (Lipinski definition) is 18. The smallest absolute Gasteiger partial charge is 0.394 e. The Kier molecular flexibility index (Phi) is 8.54. The van der Waals surface area contributed by atoms with Gasteiger partial charge in [-0.05, 0) is 0 Å². The lowest BCUT2D eigenvalue weighted by Crippen LogP contribution is -2.37. The van der Waals surface area contributed by atoms with Crippen LogP contribution in [0, 0.1) is 0 Å². The number of aromatic amines is 2. The van der Waals surface area contributed by atoms with Crippen molar-refractivity contribution in [1.82, 2.24) is 39.0 Å². The van der Waals surface area contributed by atoms with E-state index >= 15 is 0 Å². The SMILES string of the molecule is Nc1nc2c(ncn2[C@@H]2O[C@H](COP(=O)(O)O[C@@H]3[C@H](O)[C@@H](CO)O[C@H]3n3cnc4c(=O)[nH]c(N)nc43)[C@@H](OP(=O)(O)O)[C@H]2O)c(=O)[nH]1. The van der Waals surface area contributed by atoms with Crippen molar-refractivity contribution in [1.29, 1.82) is 0 Å². The van der Waals surface area contributed by atoms with Gasteiger partial charge in [0.2, 0.25) is 11.9 Å². The summed E-state index contributed by atoms with van der Waals surface area (Å²) >= 11 is 0. The van der Waals surface area contributed by atoms with Crippen molar-refractivity contribution in [2.24, 2.45) is 0 Å². The number of H-pyrrole nitrogens is 2. The lowest BCUT2D eigenvalue weighted by atomic mass is 10.1. The molecular weight excluding hydrogens is 682 g/mol. The zero-order chi connectivity index (χ0) is 34.0. The summed E-state index contributed by atoms with van der Waals surface area (Å²) in [6.07, 6.45) is -11.4. The molecule has 2 saturated heterocycles. The number of nitrogens with one attached hydrogen (secondary N) is 2. The second-order valence-electron chi connectivity index (χ2n) is 10.2. The van der Waals surface area contributed by atoms with Crippen LogP contribution in [0.2, 0.25) is 0 Å². The first-order chi connectivity index (χ1) is 22.1. The van der Waals surface area contributed by atoms with Crippen molar-refractivity contribution in [3.63, 3.8) is 0 Å². The largest absolute Gasteiger partial charge is 0.472 e. The summed E-state index contributed by atoms with van der Waals surface area (Å²) in [4.78, 5) is 74.1. The number of aliphatic hydroxyl groups excluding tert-OH is 3. The summed E-state index contributed by atoms with van der Waals surface area (Å²) in [5, 5.41) is 31.4. The topological polar surface area (TPSA) is 381 Å². The third-order valence-electron chi connectivity index (χ3n) is 7.17. The van der Waals surface area contributed by atoms with E-state index in [1.807, 2.05) is 0 Å². The molecule has 2 fully saturated rings. The van der Waals surface area contributed by atoms with Crippen LogP contribution in [0.1, 0.15) is 12.5 Å². The first kappa shape index (κ1) is 33.2. The van der Waals surface area contributed by atoms with E-state index in [4.69, 9.17) is 34.5 Å². The van der Waals surface area contributed by atoms with Crippen molar-refractivity contribution in [3.05, 3.63) is 33.4 Å². The Morgan fingerprint density at radius 3 is 1.89 bits per heavy atom. The number of phosphoric ester groups is 2. The summed E-state index contributed by atoms with van der Waals surface area (Å²) < 4.78 is 53.2. The standard InChI is InChI=1S/C20H26N10O15P2/c21-19-25-13-7(15(34)27-19)23-3-29(13)17-10(33)11(44-46(36,37)38)6(43-17)2-41-47(39,40)45-12-9(32)5(1-31)42-18(12)30-4-24-8-14(30)26-20(22)28-16(8)35/h3-6,9-12,17-18,31-33H,1-2H2,(H,39,40)(H2,36,37,38)(H3,21,25,27,34)(H3,22,26,28,35)/t5-,6-,9-,10-,11-,12-,17-,18-/m1/s1. The number of nitrogen functional groups attached to an aromatic ring is 2. The van der Waals surface area contributed by atoms with Gasteiger partial charge >= 0.3 is 15.6 Å². The Morgan fingerprint density at radius 1 is 0.830 bits per heavy atom. The quantitative estimate of drug-likeness (QED) is 0.0700. The molecule has 6 rings (SSSR count). The van der Waals surface area contributed by atoms with Crippen molar-refractivity contribution >= 4 is 49.9 Å². The molecule has 1 unspecified atom stereocenters. The van der Waals surface area contributed by atoms with Crippen molar-refractivity contribution < 1.29 is 62.2 Å². The van der Waals surface area contributed by atoms with Gasteiger partial charge < -0.3 is 50.9 Å². The molecule has 256 valence electrons. The zero-order valence-corrected chi connectivity index (χ0v) is 25.1. The van der Waals surface area contributed by atoms with E-state index < -0.39 is 89.1 Å². The van der Waals surface area contributed by atoms with Crippen molar-refractivity contribution in [3.8, 4) is 0 Å². The van der Waals surface area contributed by atoms with Gasteiger partial charge in [-0.2, -0.15) is 9.97 Å². The van der Waals surface area contributed by atoms with Crippen LogP contribution in [-0.4, -0.2) is 119 Å². The van der Waals surface area contributed by atoms with Gasteiger partial charge in [0.1, 0.15) is 36.6 Å². The lowest BCUT2D eigenvalue weighted by Gasteiger charge is -2.25. The van der Waals surface area contributed by atoms with Gasteiger partial charge in [-0.3, -0.25) is 42.3 Å². The molecule has 0 saturated carbocycles. The van der Waals surface area contributed by atoms with Crippen LogP contribution >= 0.6 is 15.6 Å². The summed E-state index contributed by atoms with van der Waals surface area (Å²) in [5.74, 6) is -0.637. The van der Waals surface area contributed by atoms with Crippen LogP contribution in [0.5, 0.6) is 0 Å². The molecular formula is C20H26N10O15P2. The Morgan fingerprint density at radius 2 is 1.36 bits per heavy atom. The molecule has 4 aromatic heterocycles. The van der Waals surface area contributed by atoms with Gasteiger partial charge in [0.05, 0.1) is 25.9 Å². The van der Waals surface area contributed by atoms with Gasteiger partial charge in [0.15, 0.2) is 34.8 Å². The van der Waals surface area contributed by atoms with Crippen LogP contribution in [0.4, 0.5) is 11.9 Å². The molecule has 0 amide bonds. The number of anilines is 2. The average molecular weight is 708 g/mol. The maximum atomic E-state index is 13.2. The summed E-state index contributed by atoms with van der Waals surface area (Å²) in [6.45, 7) is -1.79. The Hall–Kier alpha value is -3.68. The van der Waals surface area contributed by atoms with E-state index in [1.165, 1.54) is 0 Å². The second kappa shape index (κ2) is 12.1. The molecule has 27 heteroatoms. The molecule has 0 bridgehead atoms. The van der Waals surface area contributed by atoms with E-state index in [-0.39, 0.29) is 34.2 Å². The van der Waals surface area contributed by atoms with Crippen LogP contribution in [0.3, 0.4) is 0 Å². The Bertz CT molecular complexity index is 2030. The molecule has 0 aromatic carbocycles. The zero-order valence-electron chi connectivity index (χ0n) is 23.3. The second-order valence-corrected chi connectivity index (χ2v) is 12.8. The molecule has 25 nitrogen and oxygen atoms in total. The minimum atomic E-state index is -5.32. The molecule has 2 aliphatic rings. The maximum absolute atomic E-state index is 13.2. The van der Waals surface area contributed by atoms with E-state index in [9.17, 15) is 48.7 Å². The van der Waals surface area contributed by atoms with Crippen LogP contribution in [0.25, 0.3) is 22.3 Å². The minimum Gasteiger partial charge on any atom is -0.394 e. The summed E-state index contributed by atoms with van der Waals surface area (Å²) in [6, 6.07) is 0. The van der Waals surface area contributed by atoms with Crippen LogP contribution in [0.15, 0.2) is 22.2 Å². The van der Waals surface area contributed by atoms with E-state index in [0.717, 1.165) is 21.8 Å². The number of ether oxygens (including phenoxy) is 2. The number of nitrogens with zero attached hydrogens (tertiary/aromatic N) is 6. The molecule has 0 radical (unpaired) electrons. The normalized spacial score (nSPS) is 29.6. The third-order valence-corrected chi connectivity index (χ3v) is 8.67. The van der Waals surface area contributed by atoms with Gasteiger partial charge in [-0.15, -0.1) is 0 Å². The molecule has 47 heavy (non-hydrogen) atoms. The molecule has 2 aliphatic heterocycles. The van der Waals surface area contributed by atoms with Gasteiger partial charge in [0.25, 0.3) is 11.1 Å². The third kappa shape index (κ3) is 6.32. The van der Waals surface area contributed by atoms with Gasteiger partial charge in [-0.1, -0.05) is 0 Å².